The SMILES string of the molecule is N#Cc1ccc(OCC2CCN(S(=O)(=O)c3ccc(Cl)cc3Cl)CC2)cc1F. The lowest BCUT2D eigenvalue weighted by Gasteiger charge is -2.31. The first-order valence-electron chi connectivity index (χ1n) is 8.59. The second-order valence-electron chi connectivity index (χ2n) is 6.49. The Morgan fingerprint density at radius 2 is 1.89 bits per heavy atom. The van der Waals surface area contributed by atoms with Gasteiger partial charge in [0, 0.05) is 24.2 Å². The number of sulfonamides is 1. The zero-order chi connectivity index (χ0) is 20.3. The van der Waals surface area contributed by atoms with Crippen molar-refractivity contribution < 1.29 is 17.5 Å². The first-order chi connectivity index (χ1) is 13.3. The molecule has 0 unspecified atom stereocenters. The highest BCUT2D eigenvalue weighted by Gasteiger charge is 2.31. The molecule has 0 amide bonds. The summed E-state index contributed by atoms with van der Waals surface area (Å²) in [7, 11) is -3.69. The zero-order valence-corrected chi connectivity index (χ0v) is 17.1. The van der Waals surface area contributed by atoms with Gasteiger partial charge in [-0.05, 0) is 49.1 Å². The standard InChI is InChI=1S/C19H17Cl2FN2O3S/c20-15-2-4-19(17(21)9-15)28(25,26)24-7-5-13(6-8-24)12-27-16-3-1-14(11-23)18(22)10-16/h1-4,9-10,13H,5-8,12H2. The molecule has 1 heterocycles. The maximum absolute atomic E-state index is 13.6. The van der Waals surface area contributed by atoms with Crippen LogP contribution >= 0.6 is 23.2 Å². The summed E-state index contributed by atoms with van der Waals surface area (Å²) >= 11 is 11.9. The van der Waals surface area contributed by atoms with Gasteiger partial charge >= 0.3 is 0 Å². The van der Waals surface area contributed by atoms with Crippen LogP contribution < -0.4 is 4.74 Å². The van der Waals surface area contributed by atoms with E-state index in [0.717, 1.165) is 0 Å². The number of halogens is 3. The number of rotatable bonds is 5. The second-order valence-corrected chi connectivity index (χ2v) is 9.24. The normalized spacial score (nSPS) is 15.9. The van der Waals surface area contributed by atoms with Crippen molar-refractivity contribution in [1.29, 1.82) is 5.26 Å². The van der Waals surface area contributed by atoms with Crippen molar-refractivity contribution in [3.8, 4) is 11.8 Å². The molecule has 0 aromatic heterocycles. The molecule has 0 N–H and O–H groups in total. The third-order valence-corrected chi connectivity index (χ3v) is 7.25. The molecule has 1 saturated heterocycles. The molecular formula is C19H17Cl2FN2O3S. The monoisotopic (exact) mass is 442 g/mol. The largest absolute Gasteiger partial charge is 0.493 e. The van der Waals surface area contributed by atoms with Crippen LogP contribution in [0.15, 0.2) is 41.3 Å². The third kappa shape index (κ3) is 4.58. The van der Waals surface area contributed by atoms with Crippen LogP contribution in [0.3, 0.4) is 0 Å². The minimum atomic E-state index is -3.69. The summed E-state index contributed by atoms with van der Waals surface area (Å²) in [6.07, 6.45) is 1.23. The fraction of sp³-hybridized carbons (Fsp3) is 0.316. The molecule has 0 bridgehead atoms. The predicted molar refractivity (Wildman–Crippen MR) is 105 cm³/mol. The number of nitrogens with zero attached hydrogens (tertiary/aromatic N) is 2. The van der Waals surface area contributed by atoms with E-state index in [9.17, 15) is 12.8 Å². The minimum Gasteiger partial charge on any atom is -0.493 e. The van der Waals surface area contributed by atoms with Gasteiger partial charge in [-0.15, -0.1) is 0 Å². The number of hydrogen-bond acceptors (Lipinski definition) is 4. The van der Waals surface area contributed by atoms with Gasteiger partial charge in [0.25, 0.3) is 0 Å². The van der Waals surface area contributed by atoms with E-state index in [0.29, 0.717) is 43.3 Å². The average molecular weight is 443 g/mol. The summed E-state index contributed by atoms with van der Waals surface area (Å²) in [5.74, 6) is -0.133. The number of ether oxygens (including phenoxy) is 1. The third-order valence-electron chi connectivity index (χ3n) is 4.63. The Kier molecular flexibility index (Phi) is 6.46. The van der Waals surface area contributed by atoms with Crippen molar-refractivity contribution >= 4 is 33.2 Å². The quantitative estimate of drug-likeness (QED) is 0.683. The van der Waals surface area contributed by atoms with Gasteiger partial charge in [0.05, 0.1) is 17.2 Å². The number of hydrogen-bond donors (Lipinski definition) is 0. The van der Waals surface area contributed by atoms with Crippen LogP contribution in [0.5, 0.6) is 5.75 Å². The number of nitriles is 1. The van der Waals surface area contributed by atoms with E-state index < -0.39 is 15.8 Å². The lowest BCUT2D eigenvalue weighted by Crippen LogP contribution is -2.39. The maximum Gasteiger partial charge on any atom is 0.244 e. The summed E-state index contributed by atoms with van der Waals surface area (Å²) in [6.45, 7) is 1.04. The second kappa shape index (κ2) is 8.66. The highest BCUT2D eigenvalue weighted by Crippen LogP contribution is 2.30. The van der Waals surface area contributed by atoms with Gasteiger partial charge < -0.3 is 4.74 Å². The van der Waals surface area contributed by atoms with Crippen LogP contribution in [-0.4, -0.2) is 32.4 Å². The van der Waals surface area contributed by atoms with Crippen molar-refractivity contribution in [2.24, 2.45) is 5.92 Å². The predicted octanol–water partition coefficient (Wildman–Crippen LogP) is 4.48. The Balaban J connectivity index is 1.58. The van der Waals surface area contributed by atoms with Crippen LogP contribution in [0.2, 0.25) is 10.0 Å². The van der Waals surface area contributed by atoms with Crippen LogP contribution in [0.1, 0.15) is 18.4 Å². The first-order valence-corrected chi connectivity index (χ1v) is 10.8. The van der Waals surface area contributed by atoms with Gasteiger partial charge in [-0.25, -0.2) is 12.8 Å². The van der Waals surface area contributed by atoms with Crippen molar-refractivity contribution in [2.75, 3.05) is 19.7 Å². The molecule has 0 atom stereocenters. The molecule has 1 aliphatic rings. The Morgan fingerprint density at radius 1 is 1.18 bits per heavy atom. The average Bonchev–Trinajstić information content (AvgIpc) is 2.66. The summed E-state index contributed by atoms with van der Waals surface area (Å²) in [5.41, 5.74) is -0.0354. The Morgan fingerprint density at radius 3 is 2.50 bits per heavy atom. The smallest absolute Gasteiger partial charge is 0.244 e. The molecule has 3 rings (SSSR count). The van der Waals surface area contributed by atoms with Crippen LogP contribution in [0.4, 0.5) is 4.39 Å². The van der Waals surface area contributed by atoms with Crippen LogP contribution in [0, 0.1) is 23.1 Å². The Bertz CT molecular complexity index is 1020. The molecule has 9 heteroatoms. The molecule has 0 radical (unpaired) electrons. The Labute approximate surface area is 173 Å². The summed E-state index contributed by atoms with van der Waals surface area (Å²) in [4.78, 5) is 0.0429. The van der Waals surface area contributed by atoms with E-state index in [1.165, 1.54) is 34.6 Å². The first kappa shape index (κ1) is 20.9. The molecule has 28 heavy (non-hydrogen) atoms. The highest BCUT2D eigenvalue weighted by molar-refractivity contribution is 7.89. The summed E-state index contributed by atoms with van der Waals surface area (Å²) < 4.78 is 46.2. The molecule has 0 spiro atoms. The lowest BCUT2D eigenvalue weighted by molar-refractivity contribution is 0.185. The molecule has 0 saturated carbocycles. The molecule has 148 valence electrons. The van der Waals surface area contributed by atoms with Crippen molar-refractivity contribution in [3.05, 3.63) is 57.8 Å². The van der Waals surface area contributed by atoms with E-state index in [1.807, 2.05) is 0 Å². The van der Waals surface area contributed by atoms with Crippen LogP contribution in [0.25, 0.3) is 0 Å². The van der Waals surface area contributed by atoms with Gasteiger partial charge in [-0.1, -0.05) is 23.2 Å². The van der Waals surface area contributed by atoms with E-state index in [1.54, 1.807) is 12.1 Å². The van der Waals surface area contributed by atoms with Gasteiger partial charge in [0.1, 0.15) is 22.5 Å². The fourth-order valence-electron chi connectivity index (χ4n) is 3.03. The van der Waals surface area contributed by atoms with Gasteiger partial charge in [-0.3, -0.25) is 0 Å². The topological polar surface area (TPSA) is 70.4 Å². The highest BCUT2D eigenvalue weighted by atomic mass is 35.5. The van der Waals surface area contributed by atoms with Gasteiger partial charge in [0.2, 0.25) is 10.0 Å². The summed E-state index contributed by atoms with van der Waals surface area (Å²) in [5, 5.41) is 9.22. The fourth-order valence-corrected chi connectivity index (χ4v) is 5.25. The molecule has 1 aliphatic heterocycles. The lowest BCUT2D eigenvalue weighted by atomic mass is 9.99. The van der Waals surface area contributed by atoms with Crippen molar-refractivity contribution in [3.63, 3.8) is 0 Å². The molecular weight excluding hydrogens is 426 g/mol. The van der Waals surface area contributed by atoms with Crippen LogP contribution in [-0.2, 0) is 10.0 Å². The number of benzene rings is 2. The summed E-state index contributed by atoms with van der Waals surface area (Å²) in [6, 6.07) is 10.2. The van der Waals surface area contributed by atoms with Gasteiger partial charge in [-0.2, -0.15) is 9.57 Å². The Hall–Kier alpha value is -1.85. The van der Waals surface area contributed by atoms with E-state index >= 15 is 0 Å². The molecule has 1 fully saturated rings. The van der Waals surface area contributed by atoms with Crippen molar-refractivity contribution in [2.45, 2.75) is 17.7 Å². The maximum atomic E-state index is 13.6. The van der Waals surface area contributed by atoms with Crippen molar-refractivity contribution in [1.82, 2.24) is 4.31 Å². The number of piperidine rings is 1. The molecule has 2 aromatic carbocycles. The van der Waals surface area contributed by atoms with E-state index in [2.05, 4.69) is 0 Å². The van der Waals surface area contributed by atoms with E-state index in [4.69, 9.17) is 33.2 Å². The zero-order valence-electron chi connectivity index (χ0n) is 14.7. The molecule has 2 aromatic rings. The van der Waals surface area contributed by atoms with Gasteiger partial charge in [0.15, 0.2) is 0 Å². The molecule has 5 nitrogen and oxygen atoms in total. The van der Waals surface area contributed by atoms with E-state index in [-0.39, 0.29) is 21.4 Å². The molecule has 0 aliphatic carbocycles. The minimum absolute atomic E-state index is 0.0354.